The van der Waals surface area contributed by atoms with Gasteiger partial charge in [-0.2, -0.15) is 10.5 Å². The summed E-state index contributed by atoms with van der Waals surface area (Å²) in [5, 5.41) is 18.2. The molecule has 1 fully saturated rings. The number of methoxy groups -OCH3 is 1. The molecule has 0 aromatic heterocycles. The van der Waals surface area contributed by atoms with Crippen molar-refractivity contribution >= 4 is 0 Å². The van der Waals surface area contributed by atoms with Gasteiger partial charge in [0.15, 0.2) is 0 Å². The van der Waals surface area contributed by atoms with Gasteiger partial charge in [-0.05, 0) is 50.6 Å². The quantitative estimate of drug-likeness (QED) is 0.846. The molecule has 0 spiro atoms. The highest BCUT2D eigenvalue weighted by Gasteiger charge is 2.29. The zero-order valence-corrected chi connectivity index (χ0v) is 12.0. The Kier molecular flexibility index (Phi) is 4.27. The van der Waals surface area contributed by atoms with E-state index < -0.39 is 0 Å². The largest absolute Gasteiger partial charge is 0.495 e. The molecule has 0 aliphatic carbocycles. The van der Waals surface area contributed by atoms with E-state index in [0.29, 0.717) is 11.3 Å². The lowest BCUT2D eigenvalue weighted by atomic mass is 9.82. The van der Waals surface area contributed by atoms with E-state index in [0.717, 1.165) is 38.0 Å². The van der Waals surface area contributed by atoms with Crippen molar-refractivity contribution in [1.29, 1.82) is 10.5 Å². The Morgan fingerprint density at radius 1 is 1.30 bits per heavy atom. The third kappa shape index (κ3) is 3.10. The summed E-state index contributed by atoms with van der Waals surface area (Å²) in [6.07, 6.45) is 1.82. The molecule has 1 aromatic carbocycles. The van der Waals surface area contributed by atoms with Gasteiger partial charge in [0.05, 0.1) is 24.2 Å². The molecule has 20 heavy (non-hydrogen) atoms. The molecule has 2 rings (SSSR count). The van der Waals surface area contributed by atoms with Crippen LogP contribution in [0, 0.1) is 28.1 Å². The summed E-state index contributed by atoms with van der Waals surface area (Å²) in [7, 11) is 1.57. The monoisotopic (exact) mass is 269 g/mol. The molecule has 0 N–H and O–H groups in total. The van der Waals surface area contributed by atoms with Gasteiger partial charge in [0.2, 0.25) is 0 Å². The highest BCUT2D eigenvalue weighted by molar-refractivity contribution is 5.45. The first kappa shape index (κ1) is 14.4. The maximum absolute atomic E-state index is 9.13. The minimum absolute atomic E-state index is 0.172. The lowest BCUT2D eigenvalue weighted by Gasteiger charge is -2.34. The van der Waals surface area contributed by atoms with Crippen LogP contribution in [0.25, 0.3) is 0 Å². The fraction of sp³-hybridized carbons (Fsp3) is 0.500. The van der Waals surface area contributed by atoms with E-state index >= 15 is 0 Å². The summed E-state index contributed by atoms with van der Waals surface area (Å²) in [6, 6.07) is 10.3. The van der Waals surface area contributed by atoms with Crippen LogP contribution >= 0.6 is 0 Å². The number of hydrogen-bond donors (Lipinski definition) is 0. The Balaban J connectivity index is 2.02. The average Bonchev–Trinajstić information content (AvgIpc) is 2.49. The first-order chi connectivity index (χ1) is 9.60. The van der Waals surface area contributed by atoms with Gasteiger partial charge in [0, 0.05) is 6.54 Å². The summed E-state index contributed by atoms with van der Waals surface area (Å²) in [6.45, 7) is 4.71. The van der Waals surface area contributed by atoms with Crippen LogP contribution in [0.15, 0.2) is 18.2 Å². The van der Waals surface area contributed by atoms with Crippen molar-refractivity contribution in [2.24, 2.45) is 5.41 Å². The van der Waals surface area contributed by atoms with E-state index in [1.807, 2.05) is 25.1 Å². The molecular formula is C16H19N3O. The van der Waals surface area contributed by atoms with Crippen molar-refractivity contribution < 1.29 is 4.74 Å². The molecule has 0 radical (unpaired) electrons. The van der Waals surface area contributed by atoms with Crippen molar-refractivity contribution in [2.75, 3.05) is 20.2 Å². The smallest absolute Gasteiger partial charge is 0.136 e. The second-order valence-electron chi connectivity index (χ2n) is 5.60. The standard InChI is InChI=1S/C16H19N3O/c1-16(12-18)5-7-19(8-6-16)11-13-3-4-15(20-2)14(9-13)10-17/h3-4,9H,5-8,11H2,1-2H3. The second kappa shape index (κ2) is 5.94. The van der Waals surface area contributed by atoms with E-state index in [-0.39, 0.29) is 5.41 Å². The van der Waals surface area contributed by atoms with Gasteiger partial charge in [-0.15, -0.1) is 0 Å². The van der Waals surface area contributed by atoms with Crippen molar-refractivity contribution in [1.82, 2.24) is 4.90 Å². The summed E-state index contributed by atoms with van der Waals surface area (Å²) < 4.78 is 5.15. The van der Waals surface area contributed by atoms with Crippen molar-refractivity contribution in [2.45, 2.75) is 26.3 Å². The minimum atomic E-state index is -0.172. The van der Waals surface area contributed by atoms with Gasteiger partial charge in [-0.1, -0.05) is 6.07 Å². The maximum atomic E-state index is 9.13. The van der Waals surface area contributed by atoms with Gasteiger partial charge in [-0.3, -0.25) is 4.90 Å². The van der Waals surface area contributed by atoms with Crippen molar-refractivity contribution in [3.05, 3.63) is 29.3 Å². The van der Waals surface area contributed by atoms with Crippen LogP contribution in [-0.2, 0) is 6.54 Å². The second-order valence-corrected chi connectivity index (χ2v) is 5.60. The van der Waals surface area contributed by atoms with Gasteiger partial charge in [0.1, 0.15) is 11.8 Å². The fourth-order valence-electron chi connectivity index (χ4n) is 2.52. The summed E-state index contributed by atoms with van der Waals surface area (Å²) >= 11 is 0. The highest BCUT2D eigenvalue weighted by Crippen LogP contribution is 2.30. The topological polar surface area (TPSA) is 60.0 Å². The molecule has 0 saturated carbocycles. The number of benzene rings is 1. The van der Waals surface area contributed by atoms with E-state index in [4.69, 9.17) is 15.3 Å². The van der Waals surface area contributed by atoms with Crippen LogP contribution in [-0.4, -0.2) is 25.1 Å². The number of ether oxygens (including phenoxy) is 1. The number of nitrogens with zero attached hydrogens (tertiary/aromatic N) is 3. The van der Waals surface area contributed by atoms with Crippen LogP contribution in [0.2, 0.25) is 0 Å². The number of hydrogen-bond acceptors (Lipinski definition) is 4. The van der Waals surface area contributed by atoms with Crippen molar-refractivity contribution in [3.63, 3.8) is 0 Å². The lowest BCUT2D eigenvalue weighted by Crippen LogP contribution is -2.37. The van der Waals surface area contributed by atoms with Crippen LogP contribution in [0.5, 0.6) is 5.75 Å². The van der Waals surface area contributed by atoms with E-state index in [2.05, 4.69) is 17.0 Å². The van der Waals surface area contributed by atoms with Crippen LogP contribution < -0.4 is 4.74 Å². The average molecular weight is 269 g/mol. The predicted molar refractivity (Wildman–Crippen MR) is 75.9 cm³/mol. The molecule has 104 valence electrons. The highest BCUT2D eigenvalue weighted by atomic mass is 16.5. The molecular weight excluding hydrogens is 250 g/mol. The van der Waals surface area contributed by atoms with Crippen LogP contribution in [0.1, 0.15) is 30.9 Å². The Morgan fingerprint density at radius 2 is 2.00 bits per heavy atom. The van der Waals surface area contributed by atoms with E-state index in [9.17, 15) is 0 Å². The third-order valence-corrected chi connectivity index (χ3v) is 4.02. The number of likely N-dealkylation sites (tertiary alicyclic amines) is 1. The van der Waals surface area contributed by atoms with Gasteiger partial charge >= 0.3 is 0 Å². The van der Waals surface area contributed by atoms with Gasteiger partial charge < -0.3 is 4.74 Å². The molecule has 1 saturated heterocycles. The molecule has 0 atom stereocenters. The van der Waals surface area contributed by atoms with E-state index in [1.165, 1.54) is 0 Å². The van der Waals surface area contributed by atoms with Gasteiger partial charge in [-0.25, -0.2) is 0 Å². The van der Waals surface area contributed by atoms with Crippen molar-refractivity contribution in [3.8, 4) is 17.9 Å². The molecule has 0 amide bonds. The normalized spacial score (nSPS) is 18.0. The summed E-state index contributed by atoms with van der Waals surface area (Å²) in [5.41, 5.74) is 1.51. The third-order valence-electron chi connectivity index (χ3n) is 4.02. The molecule has 1 aromatic rings. The van der Waals surface area contributed by atoms with Crippen LogP contribution in [0.4, 0.5) is 0 Å². The maximum Gasteiger partial charge on any atom is 0.136 e. The summed E-state index contributed by atoms with van der Waals surface area (Å²) in [5.74, 6) is 0.618. The zero-order chi connectivity index (χ0) is 14.6. The Labute approximate surface area is 120 Å². The molecule has 4 nitrogen and oxygen atoms in total. The van der Waals surface area contributed by atoms with Crippen LogP contribution in [0.3, 0.4) is 0 Å². The SMILES string of the molecule is COc1ccc(CN2CCC(C)(C#N)CC2)cc1C#N. The molecule has 4 heteroatoms. The van der Waals surface area contributed by atoms with E-state index in [1.54, 1.807) is 7.11 Å². The first-order valence-electron chi connectivity index (χ1n) is 6.81. The number of nitriles is 2. The van der Waals surface area contributed by atoms with Gasteiger partial charge in [0.25, 0.3) is 0 Å². The zero-order valence-electron chi connectivity index (χ0n) is 12.0. The Hall–Kier alpha value is -2.04. The predicted octanol–water partition coefficient (Wildman–Crippen LogP) is 2.69. The summed E-state index contributed by atoms with van der Waals surface area (Å²) in [4.78, 5) is 2.34. The Morgan fingerprint density at radius 3 is 2.55 bits per heavy atom. The minimum Gasteiger partial charge on any atom is -0.495 e. The molecule has 1 aliphatic heterocycles. The number of rotatable bonds is 3. The molecule has 1 heterocycles. The Bertz CT molecular complexity index is 560. The fourth-order valence-corrected chi connectivity index (χ4v) is 2.52. The lowest BCUT2D eigenvalue weighted by molar-refractivity contribution is 0.150. The first-order valence-corrected chi connectivity index (χ1v) is 6.81. The number of piperidine rings is 1. The molecule has 0 unspecified atom stereocenters. The molecule has 1 aliphatic rings. The molecule has 0 bridgehead atoms.